The summed E-state index contributed by atoms with van der Waals surface area (Å²) >= 11 is 0. The van der Waals surface area contributed by atoms with E-state index in [1.807, 2.05) is 30.9 Å². The lowest BCUT2D eigenvalue weighted by Gasteiger charge is -1.90. The summed E-state index contributed by atoms with van der Waals surface area (Å²) in [6, 6.07) is 1.94. The van der Waals surface area contributed by atoms with E-state index < -0.39 is 0 Å². The minimum atomic E-state index is 0.713. The molecule has 0 aliphatic heterocycles. The number of rotatable bonds is 4. The van der Waals surface area contributed by atoms with Crippen LogP contribution in [0.15, 0.2) is 16.8 Å². The van der Waals surface area contributed by atoms with Gasteiger partial charge in [0.1, 0.15) is 0 Å². The summed E-state index contributed by atoms with van der Waals surface area (Å²) in [5.74, 6) is 0.780. The van der Waals surface area contributed by atoms with Gasteiger partial charge in [-0.3, -0.25) is 4.68 Å². The fraction of sp³-hybridized carbons (Fsp3) is 0.455. The van der Waals surface area contributed by atoms with Gasteiger partial charge in [-0.2, -0.15) is 5.10 Å². The largest absolute Gasteiger partial charge is 0.356 e. The molecule has 2 heterocycles. The van der Waals surface area contributed by atoms with Crippen molar-refractivity contribution in [2.24, 2.45) is 0 Å². The van der Waals surface area contributed by atoms with E-state index in [2.05, 4.69) is 22.5 Å². The molecule has 0 bridgehead atoms. The number of hydrogen-bond donors (Lipinski definition) is 1. The SMILES string of the molecule is CCn1cc(-c2cc(CNC)no2)c(C)n1. The fourth-order valence-corrected chi connectivity index (χ4v) is 1.62. The van der Waals surface area contributed by atoms with Crippen molar-refractivity contribution >= 4 is 0 Å². The van der Waals surface area contributed by atoms with Gasteiger partial charge in [-0.05, 0) is 20.9 Å². The zero-order chi connectivity index (χ0) is 11.5. The Morgan fingerprint density at radius 2 is 2.31 bits per heavy atom. The summed E-state index contributed by atoms with van der Waals surface area (Å²) in [6.45, 7) is 5.60. The zero-order valence-electron chi connectivity index (χ0n) is 9.82. The standard InChI is InChI=1S/C11H16N4O/c1-4-15-7-10(8(2)13-15)11-5-9(6-12-3)14-16-11/h5,7,12H,4,6H2,1-3H3. The summed E-state index contributed by atoms with van der Waals surface area (Å²) in [7, 11) is 1.88. The van der Waals surface area contributed by atoms with Crippen molar-refractivity contribution in [3.63, 3.8) is 0 Å². The first-order valence-corrected chi connectivity index (χ1v) is 5.39. The maximum atomic E-state index is 5.30. The van der Waals surface area contributed by atoms with Crippen LogP contribution in [0.5, 0.6) is 0 Å². The second-order valence-corrected chi connectivity index (χ2v) is 3.70. The fourth-order valence-electron chi connectivity index (χ4n) is 1.62. The quantitative estimate of drug-likeness (QED) is 0.850. The molecule has 0 aliphatic carbocycles. The van der Waals surface area contributed by atoms with E-state index in [0.717, 1.165) is 29.3 Å². The van der Waals surface area contributed by atoms with Crippen LogP contribution < -0.4 is 5.32 Å². The number of hydrogen-bond acceptors (Lipinski definition) is 4. The van der Waals surface area contributed by atoms with E-state index in [0.29, 0.717) is 6.54 Å². The van der Waals surface area contributed by atoms with Gasteiger partial charge < -0.3 is 9.84 Å². The van der Waals surface area contributed by atoms with Gasteiger partial charge in [0.2, 0.25) is 0 Å². The van der Waals surface area contributed by atoms with Crippen LogP contribution in [0.3, 0.4) is 0 Å². The molecule has 2 aromatic heterocycles. The highest BCUT2D eigenvalue weighted by atomic mass is 16.5. The highest BCUT2D eigenvalue weighted by Gasteiger charge is 2.12. The van der Waals surface area contributed by atoms with Crippen LogP contribution in [0, 0.1) is 6.92 Å². The molecular weight excluding hydrogens is 204 g/mol. The molecule has 0 atom stereocenters. The zero-order valence-corrected chi connectivity index (χ0v) is 9.82. The van der Waals surface area contributed by atoms with E-state index in [-0.39, 0.29) is 0 Å². The number of nitrogens with one attached hydrogen (secondary N) is 1. The molecule has 0 aliphatic rings. The monoisotopic (exact) mass is 220 g/mol. The molecule has 0 unspecified atom stereocenters. The first-order valence-electron chi connectivity index (χ1n) is 5.39. The highest BCUT2D eigenvalue weighted by Crippen LogP contribution is 2.23. The van der Waals surface area contributed by atoms with Crippen LogP contribution in [-0.2, 0) is 13.1 Å². The van der Waals surface area contributed by atoms with Gasteiger partial charge in [-0.1, -0.05) is 5.16 Å². The van der Waals surface area contributed by atoms with Gasteiger partial charge in [0.25, 0.3) is 0 Å². The molecule has 0 radical (unpaired) electrons. The van der Waals surface area contributed by atoms with E-state index >= 15 is 0 Å². The second kappa shape index (κ2) is 4.49. The van der Waals surface area contributed by atoms with Crippen LogP contribution >= 0.6 is 0 Å². The predicted molar refractivity (Wildman–Crippen MR) is 60.9 cm³/mol. The van der Waals surface area contributed by atoms with Crippen LogP contribution in [0.2, 0.25) is 0 Å². The third-order valence-corrected chi connectivity index (χ3v) is 2.45. The lowest BCUT2D eigenvalue weighted by atomic mass is 10.2. The van der Waals surface area contributed by atoms with Crippen LogP contribution in [0.25, 0.3) is 11.3 Å². The molecule has 5 heteroatoms. The molecule has 5 nitrogen and oxygen atoms in total. The van der Waals surface area contributed by atoms with E-state index in [1.54, 1.807) is 0 Å². The molecular formula is C11H16N4O. The Morgan fingerprint density at radius 1 is 1.50 bits per heavy atom. The minimum Gasteiger partial charge on any atom is -0.356 e. The Bertz CT molecular complexity index is 472. The van der Waals surface area contributed by atoms with Crippen LogP contribution in [0.1, 0.15) is 18.3 Å². The third kappa shape index (κ3) is 1.99. The van der Waals surface area contributed by atoms with Crippen molar-refractivity contribution in [2.75, 3.05) is 7.05 Å². The number of aryl methyl sites for hydroxylation is 2. The maximum Gasteiger partial charge on any atom is 0.170 e. The van der Waals surface area contributed by atoms with Crippen molar-refractivity contribution in [3.05, 3.63) is 23.7 Å². The molecule has 86 valence electrons. The highest BCUT2D eigenvalue weighted by molar-refractivity contribution is 5.59. The van der Waals surface area contributed by atoms with Gasteiger partial charge in [0.05, 0.1) is 17.0 Å². The summed E-state index contributed by atoms with van der Waals surface area (Å²) in [5, 5.41) is 11.4. The first kappa shape index (κ1) is 10.9. The Kier molecular flexibility index (Phi) is 3.05. The Hall–Kier alpha value is -1.62. The second-order valence-electron chi connectivity index (χ2n) is 3.70. The van der Waals surface area contributed by atoms with E-state index in [4.69, 9.17) is 4.52 Å². The lowest BCUT2D eigenvalue weighted by molar-refractivity contribution is 0.421. The summed E-state index contributed by atoms with van der Waals surface area (Å²) in [4.78, 5) is 0. The average Bonchev–Trinajstić information content (AvgIpc) is 2.85. The minimum absolute atomic E-state index is 0.713. The number of nitrogens with zero attached hydrogens (tertiary/aromatic N) is 3. The van der Waals surface area contributed by atoms with Gasteiger partial charge in [-0.25, -0.2) is 0 Å². The Labute approximate surface area is 94.4 Å². The smallest absolute Gasteiger partial charge is 0.170 e. The van der Waals surface area contributed by atoms with Gasteiger partial charge >= 0.3 is 0 Å². The van der Waals surface area contributed by atoms with Crippen molar-refractivity contribution in [1.29, 1.82) is 0 Å². The summed E-state index contributed by atoms with van der Waals surface area (Å²) in [5.41, 5.74) is 2.88. The van der Waals surface area contributed by atoms with Gasteiger partial charge in [0.15, 0.2) is 5.76 Å². The molecule has 0 aromatic carbocycles. The molecule has 2 rings (SSSR count). The lowest BCUT2D eigenvalue weighted by Crippen LogP contribution is -2.04. The van der Waals surface area contributed by atoms with Crippen molar-refractivity contribution in [2.45, 2.75) is 26.9 Å². The maximum absolute atomic E-state index is 5.30. The molecule has 0 spiro atoms. The van der Waals surface area contributed by atoms with Crippen molar-refractivity contribution < 1.29 is 4.52 Å². The molecule has 0 saturated carbocycles. The molecule has 1 N–H and O–H groups in total. The average molecular weight is 220 g/mol. The van der Waals surface area contributed by atoms with Crippen molar-refractivity contribution in [1.82, 2.24) is 20.3 Å². The molecule has 0 fully saturated rings. The molecule has 0 amide bonds. The summed E-state index contributed by atoms with van der Waals surface area (Å²) in [6.07, 6.45) is 1.99. The molecule has 2 aromatic rings. The summed E-state index contributed by atoms with van der Waals surface area (Å²) < 4.78 is 7.19. The molecule has 16 heavy (non-hydrogen) atoms. The van der Waals surface area contributed by atoms with Crippen LogP contribution in [-0.4, -0.2) is 22.0 Å². The number of aromatic nitrogens is 3. The Morgan fingerprint density at radius 3 is 2.94 bits per heavy atom. The van der Waals surface area contributed by atoms with E-state index in [1.165, 1.54) is 0 Å². The predicted octanol–water partition coefficient (Wildman–Crippen LogP) is 1.59. The first-order chi connectivity index (χ1) is 7.74. The third-order valence-electron chi connectivity index (χ3n) is 2.45. The normalized spacial score (nSPS) is 10.9. The van der Waals surface area contributed by atoms with E-state index in [9.17, 15) is 0 Å². The van der Waals surface area contributed by atoms with Crippen molar-refractivity contribution in [3.8, 4) is 11.3 Å². The van der Waals surface area contributed by atoms with Crippen LogP contribution in [0.4, 0.5) is 0 Å². The molecule has 0 saturated heterocycles. The Balaban J connectivity index is 2.30. The van der Waals surface area contributed by atoms with Gasteiger partial charge in [-0.15, -0.1) is 0 Å². The van der Waals surface area contributed by atoms with Gasteiger partial charge in [0, 0.05) is 25.4 Å². The topological polar surface area (TPSA) is 55.9 Å².